The number of aryl methyl sites for hydroxylation is 2. The van der Waals surface area contributed by atoms with E-state index in [0.717, 1.165) is 27.2 Å². The van der Waals surface area contributed by atoms with Crippen LogP contribution in [0.4, 0.5) is 5.69 Å². The maximum absolute atomic E-state index is 12.5. The van der Waals surface area contributed by atoms with E-state index < -0.39 is 0 Å². The number of hydrogen-bond acceptors (Lipinski definition) is 5. The molecule has 4 aromatic rings. The highest BCUT2D eigenvalue weighted by Crippen LogP contribution is 2.25. The molecule has 0 saturated carbocycles. The molecule has 0 aliphatic rings. The van der Waals surface area contributed by atoms with Gasteiger partial charge < -0.3 is 5.32 Å². The zero-order valence-electron chi connectivity index (χ0n) is 17.1. The Balaban J connectivity index is 1.53. The molecule has 0 aliphatic carbocycles. The molecule has 2 heterocycles. The third-order valence-electron chi connectivity index (χ3n) is 4.68. The zero-order valence-corrected chi connectivity index (χ0v) is 20.4. The average molecular weight is 513 g/mol. The van der Waals surface area contributed by atoms with Gasteiger partial charge in [-0.3, -0.25) is 9.36 Å². The largest absolute Gasteiger partial charge is 0.325 e. The minimum absolute atomic E-state index is 0.0787. The van der Waals surface area contributed by atoms with E-state index >= 15 is 0 Å². The highest BCUT2D eigenvalue weighted by molar-refractivity contribution is 9.10. The lowest BCUT2D eigenvalue weighted by molar-refractivity contribution is -0.113. The van der Waals surface area contributed by atoms with Gasteiger partial charge in [-0.2, -0.15) is 0 Å². The monoisotopic (exact) mass is 512 g/mol. The van der Waals surface area contributed by atoms with E-state index in [9.17, 15) is 4.79 Å². The minimum Gasteiger partial charge on any atom is -0.325 e. The summed E-state index contributed by atoms with van der Waals surface area (Å²) >= 11 is 6.57. The lowest BCUT2D eigenvalue weighted by atomic mass is 10.2. The smallest absolute Gasteiger partial charge is 0.234 e. The maximum Gasteiger partial charge on any atom is 0.234 e. The lowest BCUT2D eigenvalue weighted by Crippen LogP contribution is -2.14. The van der Waals surface area contributed by atoms with Crippen molar-refractivity contribution >= 4 is 50.6 Å². The van der Waals surface area contributed by atoms with Crippen LogP contribution in [0.2, 0.25) is 0 Å². The lowest BCUT2D eigenvalue weighted by Gasteiger charge is -2.11. The number of halogens is 1. The van der Waals surface area contributed by atoms with Crippen molar-refractivity contribution in [3.05, 3.63) is 86.3 Å². The average Bonchev–Trinajstić information content (AvgIpc) is 3.40. The Kier molecular flexibility index (Phi) is 6.89. The van der Waals surface area contributed by atoms with Crippen LogP contribution in [0.25, 0.3) is 5.69 Å². The van der Waals surface area contributed by atoms with Gasteiger partial charge in [-0.1, -0.05) is 51.5 Å². The van der Waals surface area contributed by atoms with Gasteiger partial charge in [0.15, 0.2) is 5.16 Å². The molecule has 0 radical (unpaired) electrons. The van der Waals surface area contributed by atoms with Gasteiger partial charge in [0.05, 0.1) is 5.75 Å². The fourth-order valence-electron chi connectivity index (χ4n) is 3.08. The van der Waals surface area contributed by atoms with Crippen molar-refractivity contribution in [2.45, 2.75) is 25.4 Å². The van der Waals surface area contributed by atoms with E-state index in [4.69, 9.17) is 0 Å². The molecule has 31 heavy (non-hydrogen) atoms. The first-order valence-corrected chi connectivity index (χ1v) is 12.4. The molecular formula is C23H21BrN4OS2. The number of aromatic nitrogens is 3. The molecule has 1 N–H and O–H groups in total. The third kappa shape index (κ3) is 5.44. The summed E-state index contributed by atoms with van der Waals surface area (Å²) in [5.41, 5.74) is 4.04. The number of carbonyl (C=O) groups is 1. The number of thiophene rings is 1. The molecule has 0 aliphatic heterocycles. The van der Waals surface area contributed by atoms with Gasteiger partial charge in [0.25, 0.3) is 0 Å². The number of rotatable bonds is 7. The first-order valence-electron chi connectivity index (χ1n) is 9.72. The molecule has 2 aromatic carbocycles. The van der Waals surface area contributed by atoms with Crippen LogP contribution in [0, 0.1) is 13.8 Å². The number of nitrogens with one attached hydrogen (secondary N) is 1. The number of nitrogens with zero attached hydrogens (tertiary/aromatic N) is 3. The van der Waals surface area contributed by atoms with Crippen molar-refractivity contribution in [2.75, 3.05) is 11.1 Å². The predicted octanol–water partition coefficient (Wildman–Crippen LogP) is 6.03. The van der Waals surface area contributed by atoms with Gasteiger partial charge in [-0.25, -0.2) is 0 Å². The normalized spacial score (nSPS) is 10.9. The number of amides is 1. The van der Waals surface area contributed by atoms with Gasteiger partial charge in [-0.15, -0.1) is 21.5 Å². The molecule has 0 spiro atoms. The van der Waals surface area contributed by atoms with Crippen molar-refractivity contribution < 1.29 is 4.79 Å². The second kappa shape index (κ2) is 9.80. The SMILES string of the molecule is Cc1ccc(-n2c(Cc3cccs3)nnc2SCC(=O)Nc2ccc(Br)c(C)c2)cc1. The van der Waals surface area contributed by atoms with E-state index in [0.29, 0.717) is 11.6 Å². The second-order valence-corrected chi connectivity index (χ2v) is 9.96. The zero-order chi connectivity index (χ0) is 21.8. The van der Waals surface area contributed by atoms with E-state index in [1.807, 2.05) is 35.8 Å². The summed E-state index contributed by atoms with van der Waals surface area (Å²) in [5.74, 6) is 1.03. The summed E-state index contributed by atoms with van der Waals surface area (Å²) in [6.45, 7) is 4.06. The maximum atomic E-state index is 12.5. The molecule has 5 nitrogen and oxygen atoms in total. The van der Waals surface area contributed by atoms with Crippen molar-refractivity contribution in [2.24, 2.45) is 0 Å². The van der Waals surface area contributed by atoms with Crippen molar-refractivity contribution in [3.63, 3.8) is 0 Å². The molecular weight excluding hydrogens is 492 g/mol. The Hall–Kier alpha value is -2.42. The molecule has 0 fully saturated rings. The third-order valence-corrected chi connectivity index (χ3v) is 7.37. The second-order valence-electron chi connectivity index (χ2n) is 7.13. The molecule has 4 rings (SSSR count). The first-order chi connectivity index (χ1) is 15.0. The fraction of sp³-hybridized carbons (Fsp3) is 0.174. The van der Waals surface area contributed by atoms with E-state index in [1.54, 1.807) is 11.3 Å². The predicted molar refractivity (Wildman–Crippen MR) is 131 cm³/mol. The van der Waals surface area contributed by atoms with Crippen LogP contribution in [0.3, 0.4) is 0 Å². The van der Waals surface area contributed by atoms with Crippen molar-refractivity contribution in [3.8, 4) is 5.69 Å². The summed E-state index contributed by atoms with van der Waals surface area (Å²) < 4.78 is 3.06. The molecule has 8 heteroatoms. The number of carbonyl (C=O) groups excluding carboxylic acids is 1. The van der Waals surface area contributed by atoms with E-state index in [2.05, 4.69) is 74.1 Å². The molecule has 0 atom stereocenters. The highest BCUT2D eigenvalue weighted by atomic mass is 79.9. The standard InChI is InChI=1S/C23H21BrN4OS2/c1-15-5-8-18(9-6-15)28-21(13-19-4-3-11-30-19)26-27-23(28)31-14-22(29)25-17-7-10-20(24)16(2)12-17/h3-12H,13-14H2,1-2H3,(H,25,29). The van der Waals surface area contributed by atoms with E-state index in [-0.39, 0.29) is 11.7 Å². The summed E-state index contributed by atoms with van der Waals surface area (Å²) in [6.07, 6.45) is 0.698. The number of anilines is 1. The van der Waals surface area contributed by atoms with Crippen molar-refractivity contribution in [1.29, 1.82) is 0 Å². The minimum atomic E-state index is -0.0787. The Labute approximate surface area is 198 Å². The Morgan fingerprint density at radius 2 is 1.94 bits per heavy atom. The quantitative estimate of drug-likeness (QED) is 0.307. The van der Waals surface area contributed by atoms with Crippen LogP contribution in [0.15, 0.2) is 69.6 Å². The molecule has 1 amide bonds. The molecule has 0 bridgehead atoms. The van der Waals surface area contributed by atoms with Crippen LogP contribution in [0.5, 0.6) is 0 Å². The number of thioether (sulfide) groups is 1. The highest BCUT2D eigenvalue weighted by Gasteiger charge is 2.17. The van der Waals surface area contributed by atoms with E-state index in [1.165, 1.54) is 22.2 Å². The van der Waals surface area contributed by atoms with Crippen LogP contribution in [-0.2, 0) is 11.2 Å². The van der Waals surface area contributed by atoms with Gasteiger partial charge in [0, 0.05) is 27.1 Å². The summed E-state index contributed by atoms with van der Waals surface area (Å²) in [4.78, 5) is 13.8. The van der Waals surface area contributed by atoms with Gasteiger partial charge in [0.2, 0.25) is 5.91 Å². The Morgan fingerprint density at radius 3 is 2.65 bits per heavy atom. The molecule has 0 saturated heterocycles. The van der Waals surface area contributed by atoms with Crippen LogP contribution < -0.4 is 5.32 Å². The molecule has 0 unspecified atom stereocenters. The van der Waals surface area contributed by atoms with Gasteiger partial charge in [-0.05, 0) is 61.2 Å². The molecule has 2 aromatic heterocycles. The summed E-state index contributed by atoms with van der Waals surface area (Å²) in [6, 6.07) is 18.2. The van der Waals surface area contributed by atoms with Crippen LogP contribution in [0.1, 0.15) is 21.8 Å². The number of hydrogen-bond donors (Lipinski definition) is 1. The summed E-state index contributed by atoms with van der Waals surface area (Å²) in [5, 5.41) is 14.6. The van der Waals surface area contributed by atoms with Gasteiger partial charge in [0.1, 0.15) is 5.82 Å². The summed E-state index contributed by atoms with van der Waals surface area (Å²) in [7, 11) is 0. The van der Waals surface area contributed by atoms with Crippen molar-refractivity contribution in [1.82, 2.24) is 14.8 Å². The van der Waals surface area contributed by atoms with Crippen LogP contribution >= 0.6 is 39.0 Å². The van der Waals surface area contributed by atoms with Crippen LogP contribution in [-0.4, -0.2) is 26.4 Å². The fourth-order valence-corrected chi connectivity index (χ4v) is 4.80. The Morgan fingerprint density at radius 1 is 1.13 bits per heavy atom. The Bertz CT molecular complexity index is 1190. The first kappa shape index (κ1) is 21.8. The topological polar surface area (TPSA) is 59.8 Å². The number of benzene rings is 2. The van der Waals surface area contributed by atoms with Gasteiger partial charge >= 0.3 is 0 Å². The molecule has 158 valence electrons.